The standard InChI is InChI=1S/C15H16N4OS2/c1-3-19-14(13-7-5-9-21-13)16-17-15(19)22-10-12(20)11-6-4-8-18(11)2/h4-9H,3,10H2,1-2H3. The second-order valence-corrected chi connectivity index (χ2v) is 6.63. The van der Waals surface area contributed by atoms with Gasteiger partial charge in [0, 0.05) is 19.8 Å². The molecule has 22 heavy (non-hydrogen) atoms. The van der Waals surface area contributed by atoms with E-state index in [1.54, 1.807) is 11.3 Å². The van der Waals surface area contributed by atoms with Gasteiger partial charge in [-0.05, 0) is 30.5 Å². The third-order valence-electron chi connectivity index (χ3n) is 3.34. The molecular formula is C15H16N4OS2. The van der Waals surface area contributed by atoms with Crippen LogP contribution in [0, 0.1) is 0 Å². The summed E-state index contributed by atoms with van der Waals surface area (Å²) >= 11 is 3.08. The first-order valence-electron chi connectivity index (χ1n) is 6.95. The van der Waals surface area contributed by atoms with Crippen LogP contribution in [0.3, 0.4) is 0 Å². The highest BCUT2D eigenvalue weighted by molar-refractivity contribution is 7.99. The molecule has 0 unspecified atom stereocenters. The molecule has 0 atom stereocenters. The lowest BCUT2D eigenvalue weighted by Crippen LogP contribution is -2.08. The lowest BCUT2D eigenvalue weighted by molar-refractivity contribution is 0.101. The molecule has 0 N–H and O–H groups in total. The minimum Gasteiger partial charge on any atom is -0.348 e. The van der Waals surface area contributed by atoms with Crippen LogP contribution in [0.1, 0.15) is 17.4 Å². The molecule has 0 saturated heterocycles. The quantitative estimate of drug-likeness (QED) is 0.513. The Labute approximate surface area is 137 Å². The van der Waals surface area contributed by atoms with Crippen molar-refractivity contribution < 1.29 is 4.79 Å². The van der Waals surface area contributed by atoms with Crippen LogP contribution in [-0.4, -0.2) is 30.9 Å². The van der Waals surface area contributed by atoms with Gasteiger partial charge in [0.25, 0.3) is 0 Å². The van der Waals surface area contributed by atoms with Crippen molar-refractivity contribution >= 4 is 28.9 Å². The SMILES string of the molecule is CCn1c(SCC(=O)c2cccn2C)nnc1-c1cccs1. The van der Waals surface area contributed by atoms with Crippen molar-refractivity contribution in [2.45, 2.75) is 18.6 Å². The van der Waals surface area contributed by atoms with Crippen molar-refractivity contribution in [1.29, 1.82) is 0 Å². The van der Waals surface area contributed by atoms with Gasteiger partial charge in [-0.3, -0.25) is 4.79 Å². The molecule has 0 spiro atoms. The van der Waals surface area contributed by atoms with Gasteiger partial charge in [-0.25, -0.2) is 0 Å². The second kappa shape index (κ2) is 6.50. The molecule has 0 aliphatic heterocycles. The predicted molar refractivity (Wildman–Crippen MR) is 89.5 cm³/mol. The molecule has 0 amide bonds. The van der Waals surface area contributed by atoms with Gasteiger partial charge in [-0.1, -0.05) is 17.8 Å². The van der Waals surface area contributed by atoms with Crippen LogP contribution in [0.25, 0.3) is 10.7 Å². The molecular weight excluding hydrogens is 316 g/mol. The van der Waals surface area contributed by atoms with Crippen molar-refractivity contribution in [1.82, 2.24) is 19.3 Å². The maximum atomic E-state index is 12.2. The highest BCUT2D eigenvalue weighted by atomic mass is 32.2. The summed E-state index contributed by atoms with van der Waals surface area (Å²) in [6.07, 6.45) is 1.88. The van der Waals surface area contributed by atoms with Crippen molar-refractivity contribution in [2.24, 2.45) is 7.05 Å². The normalized spacial score (nSPS) is 11.0. The minimum absolute atomic E-state index is 0.0980. The van der Waals surface area contributed by atoms with Crippen LogP contribution in [0.4, 0.5) is 0 Å². The van der Waals surface area contributed by atoms with Gasteiger partial charge < -0.3 is 9.13 Å². The number of aromatic nitrogens is 4. The molecule has 114 valence electrons. The number of ketones is 1. The maximum absolute atomic E-state index is 12.2. The number of Topliss-reactive ketones (excluding diaryl/α,β-unsaturated/α-hetero) is 1. The number of thioether (sulfide) groups is 1. The molecule has 3 aromatic heterocycles. The number of rotatable bonds is 6. The summed E-state index contributed by atoms with van der Waals surface area (Å²) in [6.45, 7) is 2.84. The summed E-state index contributed by atoms with van der Waals surface area (Å²) < 4.78 is 3.89. The van der Waals surface area contributed by atoms with Crippen molar-refractivity contribution in [3.63, 3.8) is 0 Å². The zero-order chi connectivity index (χ0) is 15.5. The van der Waals surface area contributed by atoms with Gasteiger partial charge in [0.05, 0.1) is 16.3 Å². The highest BCUT2D eigenvalue weighted by Crippen LogP contribution is 2.27. The average molecular weight is 332 g/mol. The lowest BCUT2D eigenvalue weighted by Gasteiger charge is -2.06. The Kier molecular flexibility index (Phi) is 4.44. The lowest BCUT2D eigenvalue weighted by atomic mass is 10.3. The van der Waals surface area contributed by atoms with Gasteiger partial charge in [0.15, 0.2) is 16.8 Å². The van der Waals surface area contributed by atoms with Crippen LogP contribution in [0.5, 0.6) is 0 Å². The number of aryl methyl sites for hydroxylation is 1. The van der Waals surface area contributed by atoms with Gasteiger partial charge >= 0.3 is 0 Å². The predicted octanol–water partition coefficient (Wildman–Crippen LogP) is 3.34. The number of carbonyl (C=O) groups is 1. The number of hydrogen-bond acceptors (Lipinski definition) is 5. The second-order valence-electron chi connectivity index (χ2n) is 4.74. The van der Waals surface area contributed by atoms with Gasteiger partial charge in [-0.2, -0.15) is 0 Å². The fourth-order valence-corrected chi connectivity index (χ4v) is 3.82. The summed E-state index contributed by atoms with van der Waals surface area (Å²) in [5, 5.41) is 11.3. The molecule has 7 heteroatoms. The molecule has 0 saturated carbocycles. The largest absolute Gasteiger partial charge is 0.348 e. The fourth-order valence-electron chi connectivity index (χ4n) is 2.22. The molecule has 3 aromatic rings. The zero-order valence-corrected chi connectivity index (χ0v) is 14.0. The maximum Gasteiger partial charge on any atom is 0.191 e. The van der Waals surface area contributed by atoms with E-state index in [4.69, 9.17) is 0 Å². The van der Waals surface area contributed by atoms with Crippen LogP contribution in [0.2, 0.25) is 0 Å². The van der Waals surface area contributed by atoms with Crippen LogP contribution in [0.15, 0.2) is 41.0 Å². The summed E-state index contributed by atoms with van der Waals surface area (Å²) in [6, 6.07) is 7.75. The van der Waals surface area contributed by atoms with E-state index in [0.29, 0.717) is 11.4 Å². The van der Waals surface area contributed by atoms with Crippen LogP contribution in [-0.2, 0) is 13.6 Å². The number of nitrogens with zero attached hydrogens (tertiary/aromatic N) is 4. The number of carbonyl (C=O) groups excluding carboxylic acids is 1. The third kappa shape index (κ3) is 2.86. The summed E-state index contributed by atoms with van der Waals surface area (Å²) in [7, 11) is 1.88. The van der Waals surface area contributed by atoms with E-state index in [0.717, 1.165) is 22.4 Å². The molecule has 0 aliphatic carbocycles. The first-order valence-corrected chi connectivity index (χ1v) is 8.81. The summed E-state index contributed by atoms with van der Waals surface area (Å²) in [5.41, 5.74) is 0.716. The van der Waals surface area contributed by atoms with E-state index >= 15 is 0 Å². The fraction of sp³-hybridized carbons (Fsp3) is 0.267. The van der Waals surface area contributed by atoms with E-state index in [2.05, 4.69) is 21.7 Å². The third-order valence-corrected chi connectivity index (χ3v) is 5.17. The number of thiophene rings is 1. The van der Waals surface area contributed by atoms with Crippen LogP contribution < -0.4 is 0 Å². The van der Waals surface area contributed by atoms with Gasteiger partial charge in [0.2, 0.25) is 0 Å². The van der Waals surface area contributed by atoms with E-state index < -0.39 is 0 Å². The monoisotopic (exact) mass is 332 g/mol. The Hall–Kier alpha value is -1.86. The Balaban J connectivity index is 1.76. The summed E-state index contributed by atoms with van der Waals surface area (Å²) in [5.74, 6) is 1.33. The molecule has 0 aromatic carbocycles. The minimum atomic E-state index is 0.0980. The smallest absolute Gasteiger partial charge is 0.191 e. The Morgan fingerprint density at radius 1 is 1.32 bits per heavy atom. The molecule has 3 rings (SSSR count). The van der Waals surface area contributed by atoms with E-state index in [1.165, 1.54) is 11.8 Å². The molecule has 0 radical (unpaired) electrons. The highest BCUT2D eigenvalue weighted by Gasteiger charge is 2.16. The van der Waals surface area contributed by atoms with Crippen molar-refractivity contribution in [2.75, 3.05) is 5.75 Å². The zero-order valence-electron chi connectivity index (χ0n) is 12.4. The molecule has 0 fully saturated rings. The Morgan fingerprint density at radius 3 is 2.82 bits per heavy atom. The van der Waals surface area contributed by atoms with Crippen molar-refractivity contribution in [3.8, 4) is 10.7 Å². The first-order chi connectivity index (χ1) is 10.7. The van der Waals surface area contributed by atoms with E-state index in [1.807, 2.05) is 47.5 Å². The molecule has 0 aliphatic rings. The molecule has 0 bridgehead atoms. The average Bonchev–Trinajstić information content (AvgIpc) is 3.24. The van der Waals surface area contributed by atoms with E-state index in [9.17, 15) is 4.79 Å². The van der Waals surface area contributed by atoms with Gasteiger partial charge in [0.1, 0.15) is 0 Å². The van der Waals surface area contributed by atoms with Crippen molar-refractivity contribution in [3.05, 3.63) is 41.5 Å². The van der Waals surface area contributed by atoms with E-state index in [-0.39, 0.29) is 5.78 Å². The van der Waals surface area contributed by atoms with Crippen LogP contribution >= 0.6 is 23.1 Å². The topological polar surface area (TPSA) is 52.7 Å². The first kappa shape index (κ1) is 15.1. The number of hydrogen-bond donors (Lipinski definition) is 0. The molecule has 3 heterocycles. The summed E-state index contributed by atoms with van der Waals surface area (Å²) in [4.78, 5) is 13.3. The van der Waals surface area contributed by atoms with Gasteiger partial charge in [-0.15, -0.1) is 21.5 Å². The molecule has 5 nitrogen and oxygen atoms in total. The Morgan fingerprint density at radius 2 is 2.18 bits per heavy atom. The Bertz CT molecular complexity index is 773.